The second-order valence-electron chi connectivity index (χ2n) is 17.3. The summed E-state index contributed by atoms with van der Waals surface area (Å²) in [7, 11) is -4.53. The third kappa shape index (κ3) is 16.9. The molecule has 1 aromatic carbocycles. The number of phenolic OH excluding ortho intramolecular Hbond substituents is 1. The minimum Gasteiger partial charge on any atom is -0.507 e. The molecule has 0 fully saturated rings. The standard InChI is InChI=1S/C43H81O4P/c1-9-11-13-15-17-19-21-23-25-27-29-31-33-43(48(45,46)47,34-32-30-28-26-24-22-20-18-16-14-12-10-2)37-35-38(41(3,4)5)40(44)39(36-37)42(6,7)8/h35-36,44H,9-34H2,1-8H3,(H2,45,46,47). The van der Waals surface area contributed by atoms with E-state index < -0.39 is 12.8 Å². The summed E-state index contributed by atoms with van der Waals surface area (Å²) in [4.78, 5) is 22.5. The van der Waals surface area contributed by atoms with Gasteiger partial charge in [0.2, 0.25) is 0 Å². The molecular weight excluding hydrogens is 611 g/mol. The molecule has 0 atom stereocenters. The summed E-state index contributed by atoms with van der Waals surface area (Å²) in [6, 6.07) is 3.90. The van der Waals surface area contributed by atoms with Crippen molar-refractivity contribution >= 4 is 7.60 Å². The highest BCUT2D eigenvalue weighted by Crippen LogP contribution is 2.63. The molecule has 0 aromatic heterocycles. The summed E-state index contributed by atoms with van der Waals surface area (Å²) in [5, 5.41) is 10.2. The largest absolute Gasteiger partial charge is 0.507 e. The molecule has 0 aliphatic carbocycles. The van der Waals surface area contributed by atoms with E-state index in [1.165, 1.54) is 116 Å². The zero-order valence-electron chi connectivity index (χ0n) is 33.2. The predicted octanol–water partition coefficient (Wildman–Crippen LogP) is 14.5. The zero-order chi connectivity index (χ0) is 36.1. The number of rotatable bonds is 28. The molecule has 0 radical (unpaired) electrons. The summed E-state index contributed by atoms with van der Waals surface area (Å²) in [5.74, 6) is 0.272. The first-order chi connectivity index (χ1) is 22.6. The summed E-state index contributed by atoms with van der Waals surface area (Å²) < 4.78 is 13.8. The van der Waals surface area contributed by atoms with Crippen molar-refractivity contribution in [1.82, 2.24) is 0 Å². The van der Waals surface area contributed by atoms with Crippen LogP contribution in [0.5, 0.6) is 5.75 Å². The lowest BCUT2D eigenvalue weighted by Gasteiger charge is -2.38. The Balaban J connectivity index is 3.02. The van der Waals surface area contributed by atoms with Crippen molar-refractivity contribution in [1.29, 1.82) is 0 Å². The molecule has 3 N–H and O–H groups in total. The molecule has 282 valence electrons. The molecule has 48 heavy (non-hydrogen) atoms. The molecule has 4 nitrogen and oxygen atoms in total. The molecule has 0 amide bonds. The van der Waals surface area contributed by atoms with Crippen LogP contribution in [0.25, 0.3) is 0 Å². The molecule has 0 spiro atoms. The molecule has 0 saturated heterocycles. The monoisotopic (exact) mass is 693 g/mol. The van der Waals surface area contributed by atoms with E-state index in [1.54, 1.807) is 0 Å². The molecule has 0 aliphatic heterocycles. The predicted molar refractivity (Wildman–Crippen MR) is 211 cm³/mol. The van der Waals surface area contributed by atoms with Crippen molar-refractivity contribution in [2.75, 3.05) is 0 Å². The Morgan fingerprint density at radius 3 is 0.958 bits per heavy atom. The maximum absolute atomic E-state index is 13.8. The maximum atomic E-state index is 13.8. The van der Waals surface area contributed by atoms with Crippen molar-refractivity contribution in [2.24, 2.45) is 0 Å². The number of aromatic hydroxyl groups is 1. The van der Waals surface area contributed by atoms with Crippen LogP contribution in [0.4, 0.5) is 0 Å². The lowest BCUT2D eigenvalue weighted by Crippen LogP contribution is -2.29. The normalized spacial score (nSPS) is 13.0. The number of hydrogen-bond acceptors (Lipinski definition) is 2. The first-order valence-electron chi connectivity index (χ1n) is 20.6. The fourth-order valence-electron chi connectivity index (χ4n) is 7.44. The summed E-state index contributed by atoms with van der Waals surface area (Å²) >= 11 is 0. The topological polar surface area (TPSA) is 77.8 Å². The number of benzene rings is 1. The lowest BCUT2D eigenvalue weighted by atomic mass is 9.75. The van der Waals surface area contributed by atoms with E-state index in [2.05, 4.69) is 55.4 Å². The highest BCUT2D eigenvalue weighted by molar-refractivity contribution is 7.53. The van der Waals surface area contributed by atoms with Gasteiger partial charge < -0.3 is 14.9 Å². The average molecular weight is 693 g/mol. The minimum atomic E-state index is -4.53. The smallest absolute Gasteiger partial charge is 0.335 e. The van der Waals surface area contributed by atoms with E-state index >= 15 is 0 Å². The van der Waals surface area contributed by atoms with Crippen molar-refractivity contribution in [2.45, 2.75) is 238 Å². The van der Waals surface area contributed by atoms with Crippen LogP contribution in [0.1, 0.15) is 239 Å². The second-order valence-corrected chi connectivity index (χ2v) is 19.2. The van der Waals surface area contributed by atoms with Gasteiger partial charge in [0, 0.05) is 0 Å². The van der Waals surface area contributed by atoms with E-state index in [-0.39, 0.29) is 16.6 Å². The van der Waals surface area contributed by atoms with Gasteiger partial charge in [0.05, 0.1) is 5.16 Å². The number of unbranched alkanes of at least 4 members (excludes halogenated alkanes) is 22. The van der Waals surface area contributed by atoms with Crippen LogP contribution in [0.3, 0.4) is 0 Å². The van der Waals surface area contributed by atoms with Gasteiger partial charge in [-0.1, -0.05) is 222 Å². The van der Waals surface area contributed by atoms with Crippen LogP contribution in [0.15, 0.2) is 12.1 Å². The fourth-order valence-corrected chi connectivity index (χ4v) is 8.80. The zero-order valence-corrected chi connectivity index (χ0v) is 34.1. The van der Waals surface area contributed by atoms with E-state index in [9.17, 15) is 19.5 Å². The van der Waals surface area contributed by atoms with Gasteiger partial charge in [-0.3, -0.25) is 4.57 Å². The Kier molecular flexibility index (Phi) is 22.2. The minimum absolute atomic E-state index is 0.272. The van der Waals surface area contributed by atoms with Gasteiger partial charge in [-0.05, 0) is 40.4 Å². The fraction of sp³-hybridized carbons (Fsp3) is 0.860. The van der Waals surface area contributed by atoms with Gasteiger partial charge in [0.15, 0.2) is 0 Å². The molecule has 0 saturated carbocycles. The Hall–Kier alpha value is -0.830. The van der Waals surface area contributed by atoms with E-state index in [1.807, 2.05) is 12.1 Å². The second kappa shape index (κ2) is 23.6. The molecule has 0 aliphatic rings. The lowest BCUT2D eigenvalue weighted by molar-refractivity contribution is 0.296. The number of hydrogen-bond donors (Lipinski definition) is 3. The first-order valence-corrected chi connectivity index (χ1v) is 22.2. The Labute approximate surface area is 299 Å². The van der Waals surface area contributed by atoms with Crippen molar-refractivity contribution in [3.63, 3.8) is 0 Å². The quantitative estimate of drug-likeness (QED) is 0.0603. The summed E-state index contributed by atoms with van der Waals surface area (Å²) in [6.45, 7) is 17.0. The highest BCUT2D eigenvalue weighted by atomic mass is 31.2. The van der Waals surface area contributed by atoms with Gasteiger partial charge in [-0.25, -0.2) is 0 Å². The highest BCUT2D eigenvalue weighted by Gasteiger charge is 2.48. The van der Waals surface area contributed by atoms with Gasteiger partial charge in [0.25, 0.3) is 0 Å². The third-order valence-electron chi connectivity index (χ3n) is 10.7. The third-order valence-corrected chi connectivity index (χ3v) is 12.5. The van der Waals surface area contributed by atoms with Crippen LogP contribution in [-0.4, -0.2) is 14.9 Å². The molecule has 0 bridgehead atoms. The maximum Gasteiger partial charge on any atom is 0.335 e. The Bertz CT molecular complexity index is 950. The summed E-state index contributed by atoms with van der Waals surface area (Å²) in [5.41, 5.74) is 1.59. The SMILES string of the molecule is CCCCCCCCCCCCCCC(CCCCCCCCCCCCCC)(c1cc(C(C)(C)C)c(O)c(C(C)(C)C)c1)P(=O)(O)O. The van der Waals surface area contributed by atoms with Crippen molar-refractivity contribution in [3.8, 4) is 5.75 Å². The van der Waals surface area contributed by atoms with Gasteiger partial charge >= 0.3 is 7.60 Å². The molecule has 1 rings (SSSR count). The Morgan fingerprint density at radius 1 is 0.479 bits per heavy atom. The van der Waals surface area contributed by atoms with Crippen LogP contribution in [-0.2, 0) is 20.6 Å². The Morgan fingerprint density at radius 2 is 0.729 bits per heavy atom. The van der Waals surface area contributed by atoms with Crippen LogP contribution in [0.2, 0.25) is 0 Å². The molecule has 1 aromatic rings. The van der Waals surface area contributed by atoms with E-state index in [4.69, 9.17) is 0 Å². The summed E-state index contributed by atoms with van der Waals surface area (Å²) in [6.07, 6.45) is 30.6. The van der Waals surface area contributed by atoms with Gasteiger partial charge in [-0.2, -0.15) is 0 Å². The van der Waals surface area contributed by atoms with Crippen LogP contribution >= 0.6 is 7.60 Å². The molecule has 0 heterocycles. The molecular formula is C43H81O4P. The van der Waals surface area contributed by atoms with Crippen LogP contribution < -0.4 is 0 Å². The van der Waals surface area contributed by atoms with E-state index in [0.29, 0.717) is 12.8 Å². The van der Waals surface area contributed by atoms with Crippen molar-refractivity contribution in [3.05, 3.63) is 28.8 Å². The van der Waals surface area contributed by atoms with Gasteiger partial charge in [0.1, 0.15) is 5.75 Å². The van der Waals surface area contributed by atoms with E-state index in [0.717, 1.165) is 55.2 Å². The number of phenols is 1. The molecule has 5 heteroatoms. The molecule has 0 unspecified atom stereocenters. The average Bonchev–Trinajstić information content (AvgIpc) is 2.99. The first kappa shape index (κ1) is 45.2. The van der Waals surface area contributed by atoms with Gasteiger partial charge in [-0.15, -0.1) is 0 Å². The van der Waals surface area contributed by atoms with Crippen LogP contribution in [0, 0.1) is 0 Å². The van der Waals surface area contributed by atoms with Crippen molar-refractivity contribution < 1.29 is 19.5 Å².